The van der Waals surface area contributed by atoms with Gasteiger partial charge in [-0.3, -0.25) is 9.59 Å². The molecule has 1 aromatic carbocycles. The molecule has 0 radical (unpaired) electrons. The van der Waals surface area contributed by atoms with Crippen molar-refractivity contribution in [3.63, 3.8) is 0 Å². The number of benzene rings is 1. The summed E-state index contributed by atoms with van der Waals surface area (Å²) in [5.41, 5.74) is 2.39. The number of imidazole rings is 1. The quantitative estimate of drug-likeness (QED) is 0.545. The molecule has 0 saturated carbocycles. The van der Waals surface area contributed by atoms with Crippen LogP contribution < -0.4 is 10.6 Å². The van der Waals surface area contributed by atoms with E-state index in [0.717, 1.165) is 5.69 Å². The molecule has 0 aliphatic heterocycles. The molecule has 0 bridgehead atoms. The SMILES string of the molecule is Cc1occc1C(=O)Nc1cc(NC(=O)c2cn3c(C)cccc3n2)ccc1F. The zero-order valence-corrected chi connectivity index (χ0v) is 15.7. The number of hydrogen-bond donors (Lipinski definition) is 2. The maximum absolute atomic E-state index is 14.2. The van der Waals surface area contributed by atoms with Gasteiger partial charge in [0.05, 0.1) is 17.5 Å². The normalized spacial score (nSPS) is 10.9. The minimum absolute atomic E-state index is 0.0563. The lowest BCUT2D eigenvalue weighted by molar-refractivity contribution is 0.101. The third-order valence-electron chi connectivity index (χ3n) is 4.50. The van der Waals surface area contributed by atoms with Crippen molar-refractivity contribution in [1.29, 1.82) is 0 Å². The molecule has 0 aliphatic rings. The Morgan fingerprint density at radius 3 is 2.62 bits per heavy atom. The van der Waals surface area contributed by atoms with Gasteiger partial charge in [0, 0.05) is 17.6 Å². The molecular weight excluding hydrogens is 375 g/mol. The van der Waals surface area contributed by atoms with Crippen molar-refractivity contribution in [3.8, 4) is 0 Å². The van der Waals surface area contributed by atoms with Crippen LogP contribution in [-0.4, -0.2) is 21.2 Å². The summed E-state index contributed by atoms with van der Waals surface area (Å²) >= 11 is 0. The first-order chi connectivity index (χ1) is 13.9. The Hall–Kier alpha value is -3.94. The molecule has 2 amide bonds. The van der Waals surface area contributed by atoms with Crippen molar-refractivity contribution in [2.24, 2.45) is 0 Å². The first-order valence-corrected chi connectivity index (χ1v) is 8.83. The summed E-state index contributed by atoms with van der Waals surface area (Å²) in [5, 5.41) is 5.17. The molecular formula is C21H17FN4O3. The van der Waals surface area contributed by atoms with Gasteiger partial charge in [-0.15, -0.1) is 0 Å². The number of anilines is 2. The number of nitrogens with one attached hydrogen (secondary N) is 2. The highest BCUT2D eigenvalue weighted by atomic mass is 19.1. The van der Waals surface area contributed by atoms with Crippen LogP contribution in [0, 0.1) is 19.7 Å². The first kappa shape index (κ1) is 18.4. The number of halogens is 1. The van der Waals surface area contributed by atoms with Gasteiger partial charge in [0.15, 0.2) is 0 Å². The minimum atomic E-state index is -0.624. The molecule has 2 N–H and O–H groups in total. The second-order valence-electron chi connectivity index (χ2n) is 6.51. The number of nitrogens with zero attached hydrogens (tertiary/aromatic N) is 2. The molecule has 146 valence electrons. The van der Waals surface area contributed by atoms with Gasteiger partial charge in [0.25, 0.3) is 11.8 Å². The Bertz CT molecular complexity index is 1240. The van der Waals surface area contributed by atoms with E-state index >= 15 is 0 Å². The zero-order chi connectivity index (χ0) is 20.5. The average molecular weight is 392 g/mol. The maximum Gasteiger partial charge on any atom is 0.275 e. The van der Waals surface area contributed by atoms with Crippen LogP contribution in [0.4, 0.5) is 15.8 Å². The van der Waals surface area contributed by atoms with Crippen LogP contribution in [0.5, 0.6) is 0 Å². The number of aryl methyl sites for hydroxylation is 2. The molecule has 0 spiro atoms. The first-order valence-electron chi connectivity index (χ1n) is 8.83. The lowest BCUT2D eigenvalue weighted by Crippen LogP contribution is -2.15. The second kappa shape index (κ2) is 7.23. The van der Waals surface area contributed by atoms with Crippen LogP contribution in [0.25, 0.3) is 5.65 Å². The molecule has 0 fully saturated rings. The van der Waals surface area contributed by atoms with E-state index in [9.17, 15) is 14.0 Å². The van der Waals surface area contributed by atoms with Crippen LogP contribution in [0.2, 0.25) is 0 Å². The molecule has 8 heteroatoms. The summed E-state index contributed by atoms with van der Waals surface area (Å²) in [5.74, 6) is -1.15. The van der Waals surface area contributed by atoms with Gasteiger partial charge in [0.1, 0.15) is 22.9 Å². The Morgan fingerprint density at radius 1 is 1.07 bits per heavy atom. The molecule has 3 heterocycles. The largest absolute Gasteiger partial charge is 0.469 e. The second-order valence-corrected chi connectivity index (χ2v) is 6.51. The van der Waals surface area contributed by atoms with E-state index in [4.69, 9.17) is 4.42 Å². The predicted molar refractivity (Wildman–Crippen MR) is 106 cm³/mol. The van der Waals surface area contributed by atoms with E-state index in [1.54, 1.807) is 23.6 Å². The molecule has 0 saturated heterocycles. The highest BCUT2D eigenvalue weighted by Gasteiger charge is 2.16. The van der Waals surface area contributed by atoms with E-state index in [0.29, 0.717) is 22.7 Å². The molecule has 29 heavy (non-hydrogen) atoms. The number of rotatable bonds is 4. The predicted octanol–water partition coefficient (Wildman–Crippen LogP) is 4.19. The Balaban J connectivity index is 1.55. The van der Waals surface area contributed by atoms with Crippen LogP contribution in [0.3, 0.4) is 0 Å². The lowest BCUT2D eigenvalue weighted by Gasteiger charge is -2.09. The van der Waals surface area contributed by atoms with Crippen molar-refractivity contribution in [3.05, 3.63) is 83.5 Å². The molecule has 4 aromatic rings. The third-order valence-corrected chi connectivity index (χ3v) is 4.50. The number of amides is 2. The Labute approximate surface area is 165 Å². The molecule has 0 unspecified atom stereocenters. The van der Waals surface area contributed by atoms with Crippen LogP contribution >= 0.6 is 0 Å². The average Bonchev–Trinajstić information content (AvgIpc) is 3.31. The third kappa shape index (κ3) is 3.60. The summed E-state index contributed by atoms with van der Waals surface area (Å²) in [7, 11) is 0. The summed E-state index contributed by atoms with van der Waals surface area (Å²) < 4.78 is 21.0. The molecule has 7 nitrogen and oxygen atoms in total. The van der Waals surface area contributed by atoms with Crippen molar-refractivity contribution in [2.45, 2.75) is 13.8 Å². The maximum atomic E-state index is 14.2. The van der Waals surface area contributed by atoms with E-state index in [-0.39, 0.29) is 11.4 Å². The summed E-state index contributed by atoms with van der Waals surface area (Å²) in [4.78, 5) is 29.2. The molecule has 0 atom stereocenters. The standard InChI is InChI=1S/C21H17FN4O3/c1-12-4-3-5-19-24-18(11-26(12)19)21(28)23-14-6-7-16(22)17(10-14)25-20(27)15-8-9-29-13(15)2/h3-11H,1-2H3,(H,23,28)(H,25,27). The molecule has 3 aromatic heterocycles. The van der Waals surface area contributed by atoms with Gasteiger partial charge in [-0.2, -0.15) is 0 Å². The van der Waals surface area contributed by atoms with E-state index < -0.39 is 17.6 Å². The van der Waals surface area contributed by atoms with Crippen molar-refractivity contribution >= 4 is 28.8 Å². The highest BCUT2D eigenvalue weighted by Crippen LogP contribution is 2.22. The Kier molecular flexibility index (Phi) is 4.59. The van der Waals surface area contributed by atoms with E-state index in [1.165, 1.54) is 30.5 Å². The van der Waals surface area contributed by atoms with Gasteiger partial charge >= 0.3 is 0 Å². The van der Waals surface area contributed by atoms with Crippen LogP contribution in [0.15, 0.2) is 59.3 Å². The lowest BCUT2D eigenvalue weighted by atomic mass is 10.2. The Morgan fingerprint density at radius 2 is 1.90 bits per heavy atom. The fraction of sp³-hybridized carbons (Fsp3) is 0.0952. The number of aromatic nitrogens is 2. The van der Waals surface area contributed by atoms with Gasteiger partial charge in [-0.25, -0.2) is 9.37 Å². The summed E-state index contributed by atoms with van der Waals surface area (Å²) in [6, 6.07) is 11.0. The minimum Gasteiger partial charge on any atom is -0.469 e. The number of pyridine rings is 1. The topological polar surface area (TPSA) is 88.6 Å². The number of carbonyl (C=O) groups is 2. The number of hydrogen-bond acceptors (Lipinski definition) is 4. The smallest absolute Gasteiger partial charge is 0.275 e. The van der Waals surface area contributed by atoms with Crippen LogP contribution in [-0.2, 0) is 0 Å². The van der Waals surface area contributed by atoms with E-state index in [1.807, 2.05) is 19.1 Å². The summed E-state index contributed by atoms with van der Waals surface area (Å²) in [6.45, 7) is 3.55. The molecule has 0 aliphatic carbocycles. The van der Waals surface area contributed by atoms with E-state index in [2.05, 4.69) is 15.6 Å². The van der Waals surface area contributed by atoms with Crippen molar-refractivity contribution in [2.75, 3.05) is 10.6 Å². The van der Waals surface area contributed by atoms with Crippen molar-refractivity contribution < 1.29 is 18.4 Å². The highest BCUT2D eigenvalue weighted by molar-refractivity contribution is 6.06. The number of furan rings is 1. The number of carbonyl (C=O) groups excluding carboxylic acids is 2. The zero-order valence-electron chi connectivity index (χ0n) is 15.7. The fourth-order valence-corrected chi connectivity index (χ4v) is 2.96. The van der Waals surface area contributed by atoms with Crippen molar-refractivity contribution in [1.82, 2.24) is 9.38 Å². The monoisotopic (exact) mass is 392 g/mol. The van der Waals surface area contributed by atoms with Crippen LogP contribution in [0.1, 0.15) is 32.3 Å². The van der Waals surface area contributed by atoms with Gasteiger partial charge in [0.2, 0.25) is 0 Å². The fourth-order valence-electron chi connectivity index (χ4n) is 2.96. The van der Waals surface area contributed by atoms with Gasteiger partial charge < -0.3 is 19.5 Å². The van der Waals surface area contributed by atoms with Gasteiger partial charge in [-0.05, 0) is 50.2 Å². The summed E-state index contributed by atoms with van der Waals surface area (Å²) in [6.07, 6.45) is 3.02. The van der Waals surface area contributed by atoms with Gasteiger partial charge in [-0.1, -0.05) is 6.07 Å². The number of fused-ring (bicyclic) bond motifs is 1. The molecule has 4 rings (SSSR count).